The fourth-order valence-corrected chi connectivity index (χ4v) is 1.58. The molecule has 0 aromatic heterocycles. The highest BCUT2D eigenvalue weighted by atomic mass is 19.2. The number of hydrogen-bond acceptors (Lipinski definition) is 4. The van der Waals surface area contributed by atoms with Crippen molar-refractivity contribution < 1.29 is 29.2 Å². The van der Waals surface area contributed by atoms with E-state index in [-0.39, 0.29) is 5.56 Å². The molecule has 4 nitrogen and oxygen atoms in total. The predicted octanol–water partition coefficient (Wildman–Crippen LogP) is 2.45. The molecule has 0 amide bonds. The summed E-state index contributed by atoms with van der Waals surface area (Å²) in [6.07, 6.45) is 0. The van der Waals surface area contributed by atoms with Crippen LogP contribution in [0.25, 0.3) is 11.1 Å². The molecule has 94 valence electrons. The molecule has 0 bridgehead atoms. The Hall–Kier alpha value is -2.50. The van der Waals surface area contributed by atoms with Crippen molar-refractivity contribution in [3.63, 3.8) is 0 Å². The largest absolute Gasteiger partial charge is 0.508 e. The molecule has 0 aliphatic rings. The van der Waals surface area contributed by atoms with Crippen molar-refractivity contribution in [1.82, 2.24) is 0 Å². The first kappa shape index (κ1) is 12.0. The summed E-state index contributed by atoms with van der Waals surface area (Å²) in [5.74, 6) is -5.03. The van der Waals surface area contributed by atoms with Gasteiger partial charge < -0.3 is 20.4 Å². The van der Waals surface area contributed by atoms with Gasteiger partial charge in [0, 0.05) is 23.3 Å². The first-order valence-electron chi connectivity index (χ1n) is 4.83. The van der Waals surface area contributed by atoms with Crippen LogP contribution in [0.15, 0.2) is 24.3 Å². The van der Waals surface area contributed by atoms with E-state index in [1.807, 2.05) is 0 Å². The lowest BCUT2D eigenvalue weighted by Gasteiger charge is -2.09. The van der Waals surface area contributed by atoms with Crippen LogP contribution in [0.1, 0.15) is 0 Å². The van der Waals surface area contributed by atoms with Crippen LogP contribution in [-0.4, -0.2) is 20.4 Å². The molecule has 0 atom stereocenters. The number of rotatable bonds is 1. The summed E-state index contributed by atoms with van der Waals surface area (Å²) in [6.45, 7) is 0. The Kier molecular flexibility index (Phi) is 2.70. The Bertz CT molecular complexity index is 570. The van der Waals surface area contributed by atoms with Gasteiger partial charge in [0.05, 0.1) is 0 Å². The van der Waals surface area contributed by atoms with Crippen molar-refractivity contribution in [3.05, 3.63) is 35.9 Å². The van der Waals surface area contributed by atoms with E-state index in [1.165, 1.54) is 0 Å². The minimum Gasteiger partial charge on any atom is -0.508 e. The van der Waals surface area contributed by atoms with Gasteiger partial charge in [0.2, 0.25) is 0 Å². The van der Waals surface area contributed by atoms with Crippen molar-refractivity contribution in [2.45, 2.75) is 0 Å². The van der Waals surface area contributed by atoms with Gasteiger partial charge in [0.15, 0.2) is 23.1 Å². The van der Waals surface area contributed by atoms with Crippen molar-refractivity contribution in [1.29, 1.82) is 0 Å². The maximum Gasteiger partial charge on any atom is 0.167 e. The third kappa shape index (κ3) is 1.88. The predicted molar refractivity (Wildman–Crippen MR) is 58.5 cm³/mol. The molecule has 6 heteroatoms. The van der Waals surface area contributed by atoms with Crippen LogP contribution in [-0.2, 0) is 0 Å². The fourth-order valence-electron chi connectivity index (χ4n) is 1.58. The number of halogens is 2. The zero-order chi connectivity index (χ0) is 13.4. The Morgan fingerprint density at radius 2 is 1.28 bits per heavy atom. The van der Waals surface area contributed by atoms with Crippen LogP contribution in [0.4, 0.5) is 8.78 Å². The zero-order valence-corrected chi connectivity index (χ0v) is 8.85. The van der Waals surface area contributed by atoms with E-state index in [9.17, 15) is 29.2 Å². The third-order valence-electron chi connectivity index (χ3n) is 2.38. The van der Waals surface area contributed by atoms with Crippen molar-refractivity contribution >= 4 is 0 Å². The highest BCUT2D eigenvalue weighted by Gasteiger charge is 2.18. The van der Waals surface area contributed by atoms with Crippen LogP contribution in [0.3, 0.4) is 0 Å². The SMILES string of the molecule is Oc1cc(O)c(O)c(-c2cc(O)cc(F)c2F)c1. The lowest BCUT2D eigenvalue weighted by atomic mass is 10.0. The van der Waals surface area contributed by atoms with Gasteiger partial charge in [0.1, 0.15) is 11.5 Å². The molecule has 2 rings (SSSR count). The molecule has 0 saturated heterocycles. The number of phenolic OH excluding ortho intramolecular Hbond substituents is 4. The molecule has 4 N–H and O–H groups in total. The second-order valence-corrected chi connectivity index (χ2v) is 3.65. The minimum absolute atomic E-state index is 0.334. The normalized spacial score (nSPS) is 10.6. The molecule has 0 saturated carbocycles. The Morgan fingerprint density at radius 1 is 0.722 bits per heavy atom. The lowest BCUT2D eigenvalue weighted by Crippen LogP contribution is -1.90. The zero-order valence-electron chi connectivity index (χ0n) is 8.85. The summed E-state index contributed by atoms with van der Waals surface area (Å²) in [7, 11) is 0. The minimum atomic E-state index is -1.31. The molecule has 0 fully saturated rings. The molecule has 0 unspecified atom stereocenters. The number of phenols is 4. The summed E-state index contributed by atoms with van der Waals surface area (Å²) in [4.78, 5) is 0. The van der Waals surface area contributed by atoms with Gasteiger partial charge in [0.25, 0.3) is 0 Å². The van der Waals surface area contributed by atoms with Gasteiger partial charge in [-0.25, -0.2) is 8.78 Å². The molecular formula is C12H8F2O4. The second kappa shape index (κ2) is 4.06. The molecule has 0 spiro atoms. The summed E-state index contributed by atoms with van der Waals surface area (Å²) >= 11 is 0. The molecule has 0 aliphatic heterocycles. The van der Waals surface area contributed by atoms with Crippen LogP contribution < -0.4 is 0 Å². The molecule has 2 aromatic carbocycles. The first-order chi connectivity index (χ1) is 8.40. The average Bonchev–Trinajstić information content (AvgIpc) is 2.28. The summed E-state index contributed by atoms with van der Waals surface area (Å²) < 4.78 is 26.7. The molecule has 0 radical (unpaired) electrons. The monoisotopic (exact) mass is 254 g/mol. The highest BCUT2D eigenvalue weighted by Crippen LogP contribution is 2.41. The van der Waals surface area contributed by atoms with Crippen LogP contribution in [0.2, 0.25) is 0 Å². The lowest BCUT2D eigenvalue weighted by molar-refractivity contribution is 0.397. The number of benzene rings is 2. The maximum atomic E-state index is 13.6. The standard InChI is InChI=1S/C12H8F2O4/c13-9-3-5(15)1-7(11(9)14)8-2-6(16)4-10(17)12(8)18/h1-4,15-18H. The van der Waals surface area contributed by atoms with Gasteiger partial charge >= 0.3 is 0 Å². The molecule has 0 aliphatic carbocycles. The molecule has 2 aromatic rings. The van der Waals surface area contributed by atoms with E-state index in [1.54, 1.807) is 0 Å². The van der Waals surface area contributed by atoms with Gasteiger partial charge in [-0.15, -0.1) is 0 Å². The molecule has 18 heavy (non-hydrogen) atoms. The van der Waals surface area contributed by atoms with Gasteiger partial charge in [-0.05, 0) is 12.1 Å². The second-order valence-electron chi connectivity index (χ2n) is 3.65. The fraction of sp³-hybridized carbons (Fsp3) is 0. The van der Waals surface area contributed by atoms with Gasteiger partial charge in [-0.2, -0.15) is 0 Å². The summed E-state index contributed by atoms with van der Waals surface area (Å²) in [5, 5.41) is 37.3. The first-order valence-corrected chi connectivity index (χ1v) is 4.83. The van der Waals surface area contributed by atoms with Crippen LogP contribution in [0.5, 0.6) is 23.0 Å². The van der Waals surface area contributed by atoms with E-state index in [4.69, 9.17) is 0 Å². The van der Waals surface area contributed by atoms with Crippen molar-refractivity contribution in [3.8, 4) is 34.1 Å². The van der Waals surface area contributed by atoms with E-state index in [0.717, 1.165) is 18.2 Å². The number of hydrogen-bond donors (Lipinski definition) is 4. The summed E-state index contributed by atoms with van der Waals surface area (Å²) in [5.41, 5.74) is -0.809. The van der Waals surface area contributed by atoms with Crippen molar-refractivity contribution in [2.24, 2.45) is 0 Å². The van der Waals surface area contributed by atoms with Crippen LogP contribution in [0, 0.1) is 11.6 Å². The highest BCUT2D eigenvalue weighted by molar-refractivity contribution is 5.76. The van der Waals surface area contributed by atoms with Gasteiger partial charge in [-0.1, -0.05) is 0 Å². The summed E-state index contributed by atoms with van der Waals surface area (Å²) in [6, 6.07) is 3.22. The van der Waals surface area contributed by atoms with Crippen LogP contribution >= 0.6 is 0 Å². The third-order valence-corrected chi connectivity index (χ3v) is 2.38. The molecule has 0 heterocycles. The smallest absolute Gasteiger partial charge is 0.167 e. The Balaban J connectivity index is 2.77. The Labute approximate surface area is 100.0 Å². The Morgan fingerprint density at radius 3 is 1.94 bits per heavy atom. The average molecular weight is 254 g/mol. The molecular weight excluding hydrogens is 246 g/mol. The quantitative estimate of drug-likeness (QED) is 0.465. The van der Waals surface area contributed by atoms with Gasteiger partial charge in [-0.3, -0.25) is 0 Å². The van der Waals surface area contributed by atoms with E-state index in [0.29, 0.717) is 6.07 Å². The van der Waals surface area contributed by atoms with E-state index < -0.39 is 40.2 Å². The van der Waals surface area contributed by atoms with E-state index >= 15 is 0 Å². The van der Waals surface area contributed by atoms with E-state index in [2.05, 4.69) is 0 Å². The van der Waals surface area contributed by atoms with Crippen molar-refractivity contribution in [2.75, 3.05) is 0 Å². The maximum absolute atomic E-state index is 13.6. The number of aromatic hydroxyl groups is 4. The topological polar surface area (TPSA) is 80.9 Å².